The molecular formula is C18H26ClN3O. The number of carbonyl (C=O) groups is 1. The summed E-state index contributed by atoms with van der Waals surface area (Å²) >= 11 is 5.99. The van der Waals surface area contributed by atoms with Crippen LogP contribution in [0.3, 0.4) is 0 Å². The normalized spacial score (nSPS) is 23.4. The van der Waals surface area contributed by atoms with E-state index in [1.54, 1.807) is 6.07 Å². The molecule has 0 N–H and O–H groups in total. The van der Waals surface area contributed by atoms with E-state index in [-0.39, 0.29) is 0 Å². The van der Waals surface area contributed by atoms with Gasteiger partial charge in [0.05, 0.1) is 5.69 Å². The van der Waals surface area contributed by atoms with Gasteiger partial charge in [0.25, 0.3) is 0 Å². The second-order valence-electron chi connectivity index (χ2n) is 7.24. The topological polar surface area (TPSA) is 36.4 Å². The lowest BCUT2D eigenvalue weighted by Gasteiger charge is -2.34. The number of hydrogen-bond donors (Lipinski definition) is 0. The molecule has 1 atom stereocenters. The highest BCUT2D eigenvalue weighted by Crippen LogP contribution is 2.32. The maximum Gasteiger partial charge on any atom is 0.224 e. The molecule has 4 nitrogen and oxygen atoms in total. The van der Waals surface area contributed by atoms with Crippen LogP contribution in [-0.2, 0) is 11.3 Å². The molecule has 3 rings (SSSR count). The molecule has 0 spiro atoms. The molecule has 1 unspecified atom stereocenters. The third-order valence-corrected chi connectivity index (χ3v) is 5.10. The summed E-state index contributed by atoms with van der Waals surface area (Å²) in [5, 5.41) is 0.532. The van der Waals surface area contributed by atoms with Crippen molar-refractivity contribution in [2.24, 2.45) is 11.8 Å². The number of pyridine rings is 1. The van der Waals surface area contributed by atoms with Crippen molar-refractivity contribution in [1.82, 2.24) is 14.8 Å². The van der Waals surface area contributed by atoms with Crippen LogP contribution in [0.4, 0.5) is 0 Å². The van der Waals surface area contributed by atoms with Crippen molar-refractivity contribution < 1.29 is 4.79 Å². The number of rotatable bonds is 5. The minimum absolute atomic E-state index is 0.296. The zero-order chi connectivity index (χ0) is 16.4. The maximum absolute atomic E-state index is 12.6. The van der Waals surface area contributed by atoms with Crippen molar-refractivity contribution in [3.8, 4) is 0 Å². The summed E-state index contributed by atoms with van der Waals surface area (Å²) in [5.41, 5.74) is 0.975. The van der Waals surface area contributed by atoms with Gasteiger partial charge in [0.15, 0.2) is 0 Å². The molecule has 1 saturated heterocycles. The van der Waals surface area contributed by atoms with Gasteiger partial charge in [-0.3, -0.25) is 9.69 Å². The summed E-state index contributed by atoms with van der Waals surface area (Å²) in [4.78, 5) is 21.5. The van der Waals surface area contributed by atoms with E-state index in [1.807, 2.05) is 12.1 Å². The van der Waals surface area contributed by atoms with Crippen LogP contribution in [0, 0.1) is 11.8 Å². The number of aromatic nitrogens is 1. The number of carbonyl (C=O) groups excluding carboxylic acids is 1. The molecule has 1 aliphatic heterocycles. The first kappa shape index (κ1) is 16.7. The highest BCUT2D eigenvalue weighted by atomic mass is 35.5. The predicted octanol–water partition coefficient (Wildman–Crippen LogP) is 3.20. The molecule has 5 heteroatoms. The summed E-state index contributed by atoms with van der Waals surface area (Å²) in [6, 6.07) is 6.04. The zero-order valence-corrected chi connectivity index (χ0v) is 14.8. The van der Waals surface area contributed by atoms with Gasteiger partial charge in [0.2, 0.25) is 5.91 Å². The first-order chi connectivity index (χ1) is 11.0. The van der Waals surface area contributed by atoms with Crippen LogP contribution in [0.2, 0.25) is 5.15 Å². The minimum Gasteiger partial charge on any atom is -0.338 e. The lowest BCUT2D eigenvalue weighted by Crippen LogP contribution is -2.47. The number of halogens is 1. The Morgan fingerprint density at radius 1 is 1.35 bits per heavy atom. The predicted molar refractivity (Wildman–Crippen MR) is 92.2 cm³/mol. The lowest BCUT2D eigenvalue weighted by molar-refractivity contribution is -0.133. The average molecular weight is 336 g/mol. The van der Waals surface area contributed by atoms with Gasteiger partial charge in [0.1, 0.15) is 5.15 Å². The first-order valence-corrected chi connectivity index (χ1v) is 9.04. The number of nitrogens with zero attached hydrogens (tertiary/aromatic N) is 3. The van der Waals surface area contributed by atoms with E-state index < -0.39 is 0 Å². The fourth-order valence-electron chi connectivity index (χ4n) is 3.33. The molecule has 0 aromatic carbocycles. The largest absolute Gasteiger partial charge is 0.338 e. The molecule has 1 saturated carbocycles. The van der Waals surface area contributed by atoms with E-state index in [4.69, 9.17) is 11.6 Å². The van der Waals surface area contributed by atoms with Crippen LogP contribution >= 0.6 is 11.6 Å². The minimum atomic E-state index is 0.296. The highest BCUT2D eigenvalue weighted by Gasteiger charge is 2.35. The fraction of sp³-hybridized carbons (Fsp3) is 0.667. The van der Waals surface area contributed by atoms with E-state index in [9.17, 15) is 4.79 Å². The van der Waals surface area contributed by atoms with Crippen LogP contribution < -0.4 is 0 Å². The van der Waals surface area contributed by atoms with Crippen molar-refractivity contribution >= 4 is 17.5 Å². The summed E-state index contributed by atoms with van der Waals surface area (Å²) in [6.07, 6.45) is 3.17. The van der Waals surface area contributed by atoms with Gasteiger partial charge in [-0.25, -0.2) is 4.98 Å². The van der Waals surface area contributed by atoms with Crippen molar-refractivity contribution in [1.29, 1.82) is 0 Å². The molecule has 2 heterocycles. The Morgan fingerprint density at radius 2 is 2.13 bits per heavy atom. The number of hydrogen-bond acceptors (Lipinski definition) is 3. The van der Waals surface area contributed by atoms with Gasteiger partial charge in [0, 0.05) is 38.6 Å². The lowest BCUT2D eigenvalue weighted by atomic mass is 10.0. The van der Waals surface area contributed by atoms with Gasteiger partial charge < -0.3 is 4.90 Å². The zero-order valence-electron chi connectivity index (χ0n) is 14.0. The van der Waals surface area contributed by atoms with Crippen LogP contribution in [0.5, 0.6) is 0 Å². The molecule has 1 aromatic rings. The van der Waals surface area contributed by atoms with Crippen LogP contribution in [0.25, 0.3) is 0 Å². The van der Waals surface area contributed by atoms with Gasteiger partial charge >= 0.3 is 0 Å². The van der Waals surface area contributed by atoms with E-state index >= 15 is 0 Å². The van der Waals surface area contributed by atoms with Crippen LogP contribution in [0.15, 0.2) is 18.2 Å². The van der Waals surface area contributed by atoms with E-state index in [1.165, 1.54) is 12.8 Å². The highest BCUT2D eigenvalue weighted by molar-refractivity contribution is 6.29. The second kappa shape index (κ2) is 7.18. The molecule has 126 valence electrons. The van der Waals surface area contributed by atoms with Gasteiger partial charge in [-0.2, -0.15) is 0 Å². The standard InChI is InChI=1S/C18H26ClN3O/c1-13(2)16-12-21(11-15-4-3-5-17(19)20-15)9-8-18(23)22(16)10-14-6-7-14/h3-5,13-14,16H,6-12H2,1-2H3. The quantitative estimate of drug-likeness (QED) is 0.775. The average Bonchev–Trinajstić information content (AvgIpc) is 3.32. The molecule has 2 aliphatic rings. The Hall–Kier alpha value is -1.13. The van der Waals surface area contributed by atoms with Crippen molar-refractivity contribution in [2.75, 3.05) is 19.6 Å². The summed E-state index contributed by atoms with van der Waals surface area (Å²) in [7, 11) is 0. The fourth-order valence-corrected chi connectivity index (χ4v) is 3.52. The maximum atomic E-state index is 12.6. The number of amides is 1. The molecular weight excluding hydrogens is 310 g/mol. The third-order valence-electron chi connectivity index (χ3n) is 4.89. The third kappa shape index (κ3) is 4.45. The molecule has 1 aromatic heterocycles. The van der Waals surface area contributed by atoms with E-state index in [0.717, 1.165) is 37.8 Å². The van der Waals surface area contributed by atoms with Crippen molar-refractivity contribution in [3.05, 3.63) is 29.0 Å². The molecule has 2 fully saturated rings. The Labute approximate surface area is 143 Å². The van der Waals surface area contributed by atoms with Gasteiger partial charge in [-0.1, -0.05) is 31.5 Å². The summed E-state index contributed by atoms with van der Waals surface area (Å²) in [6.45, 7) is 7.87. The Balaban J connectivity index is 1.71. The van der Waals surface area contributed by atoms with E-state index in [0.29, 0.717) is 29.4 Å². The molecule has 1 aliphatic carbocycles. The molecule has 0 bridgehead atoms. The van der Waals surface area contributed by atoms with Crippen molar-refractivity contribution in [2.45, 2.75) is 45.7 Å². The first-order valence-electron chi connectivity index (χ1n) is 8.66. The Morgan fingerprint density at radius 3 is 2.78 bits per heavy atom. The van der Waals surface area contributed by atoms with E-state index in [2.05, 4.69) is 28.6 Å². The molecule has 23 heavy (non-hydrogen) atoms. The Kier molecular flexibility index (Phi) is 5.22. The summed E-state index contributed by atoms with van der Waals surface area (Å²) < 4.78 is 0. The molecule has 0 radical (unpaired) electrons. The van der Waals surface area contributed by atoms with Gasteiger partial charge in [-0.05, 0) is 36.8 Å². The van der Waals surface area contributed by atoms with Crippen LogP contribution in [0.1, 0.15) is 38.8 Å². The summed E-state index contributed by atoms with van der Waals surface area (Å²) in [5.74, 6) is 1.52. The second-order valence-corrected chi connectivity index (χ2v) is 7.62. The van der Waals surface area contributed by atoms with Gasteiger partial charge in [-0.15, -0.1) is 0 Å². The van der Waals surface area contributed by atoms with Crippen molar-refractivity contribution in [3.63, 3.8) is 0 Å². The SMILES string of the molecule is CC(C)C1CN(Cc2cccc(Cl)n2)CCC(=O)N1CC1CC1. The Bertz CT molecular complexity index is 559. The monoisotopic (exact) mass is 335 g/mol. The smallest absolute Gasteiger partial charge is 0.224 e. The van der Waals surface area contributed by atoms with Crippen LogP contribution in [-0.4, -0.2) is 46.4 Å². The molecule has 1 amide bonds.